The molecule has 1 spiro atoms. The van der Waals surface area contributed by atoms with Crippen LogP contribution >= 0.6 is 0 Å². The molecule has 2 N–H and O–H groups in total. The average molecular weight is 455 g/mol. The topological polar surface area (TPSA) is 85.6 Å². The molecule has 2 aliphatic rings. The lowest BCUT2D eigenvalue weighted by molar-refractivity contribution is -0.192. The maximum absolute atomic E-state index is 10.6. The van der Waals surface area contributed by atoms with Crippen molar-refractivity contribution >= 4 is 5.97 Å². The van der Waals surface area contributed by atoms with Gasteiger partial charge in [-0.2, -0.15) is 13.2 Å². The number of hydrogen-bond donors (Lipinski definition) is 2. The predicted molar refractivity (Wildman–Crippen MR) is 112 cm³/mol. The van der Waals surface area contributed by atoms with Crippen molar-refractivity contribution in [1.82, 2.24) is 14.9 Å². The van der Waals surface area contributed by atoms with Gasteiger partial charge in [-0.05, 0) is 25.2 Å². The van der Waals surface area contributed by atoms with Gasteiger partial charge >= 0.3 is 12.1 Å². The van der Waals surface area contributed by atoms with Crippen molar-refractivity contribution in [3.8, 4) is 17.0 Å². The zero-order valence-corrected chi connectivity index (χ0v) is 18.3. The number of carboxylic acid groups (broad SMARTS) is 1. The highest BCUT2D eigenvalue weighted by Gasteiger charge is 2.46. The highest BCUT2D eigenvalue weighted by Crippen LogP contribution is 2.49. The molecular formula is C22H28F3N3O4. The summed E-state index contributed by atoms with van der Waals surface area (Å²) in [7, 11) is 1.75. The fourth-order valence-electron chi connectivity index (χ4n) is 4.15. The number of nitrogens with zero attached hydrogens (tertiary/aromatic N) is 2. The van der Waals surface area contributed by atoms with E-state index in [-0.39, 0.29) is 5.60 Å². The van der Waals surface area contributed by atoms with Crippen LogP contribution in [0.1, 0.15) is 44.1 Å². The third kappa shape index (κ3) is 4.75. The van der Waals surface area contributed by atoms with Crippen molar-refractivity contribution in [2.75, 3.05) is 26.8 Å². The molecule has 1 fully saturated rings. The van der Waals surface area contributed by atoms with Gasteiger partial charge in [-0.15, -0.1) is 0 Å². The van der Waals surface area contributed by atoms with Crippen molar-refractivity contribution in [1.29, 1.82) is 0 Å². The van der Waals surface area contributed by atoms with Gasteiger partial charge < -0.3 is 24.5 Å². The lowest BCUT2D eigenvalue weighted by Crippen LogP contribution is -2.47. The summed E-state index contributed by atoms with van der Waals surface area (Å²) in [6.07, 6.45) is -3.16. The number of aromatic nitrogens is 2. The molecule has 176 valence electrons. The van der Waals surface area contributed by atoms with Gasteiger partial charge in [0.1, 0.15) is 11.6 Å². The first-order valence-corrected chi connectivity index (χ1v) is 10.5. The number of rotatable bonds is 4. The number of methoxy groups -OCH3 is 1. The highest BCUT2D eigenvalue weighted by atomic mass is 19.4. The first-order valence-electron chi connectivity index (χ1n) is 10.5. The van der Waals surface area contributed by atoms with Crippen LogP contribution in [0.5, 0.6) is 5.75 Å². The zero-order chi connectivity index (χ0) is 23.5. The second kappa shape index (κ2) is 9.50. The molecule has 0 aliphatic carbocycles. The summed E-state index contributed by atoms with van der Waals surface area (Å²) in [5.74, 6) is -0.315. The first kappa shape index (κ1) is 24.1. The van der Waals surface area contributed by atoms with Crippen LogP contribution in [-0.4, -0.2) is 53.6 Å². The molecule has 0 saturated carbocycles. The van der Waals surface area contributed by atoms with E-state index in [4.69, 9.17) is 24.4 Å². The Morgan fingerprint density at radius 2 is 1.94 bits per heavy atom. The number of carbonyl (C=O) groups is 1. The number of aliphatic carboxylic acids is 1. The number of alkyl halides is 3. The largest absolute Gasteiger partial charge is 0.490 e. The van der Waals surface area contributed by atoms with Gasteiger partial charge in [-0.3, -0.25) is 0 Å². The fourth-order valence-corrected chi connectivity index (χ4v) is 4.15. The van der Waals surface area contributed by atoms with Gasteiger partial charge in [0.25, 0.3) is 0 Å². The number of carboxylic acids is 1. The van der Waals surface area contributed by atoms with E-state index in [1.807, 2.05) is 6.07 Å². The van der Waals surface area contributed by atoms with Crippen LogP contribution in [0.4, 0.5) is 13.2 Å². The molecule has 0 atom stereocenters. The molecule has 0 radical (unpaired) electrons. The zero-order valence-electron chi connectivity index (χ0n) is 18.3. The molecule has 4 rings (SSSR count). The molecule has 0 amide bonds. The van der Waals surface area contributed by atoms with Crippen LogP contribution in [0.15, 0.2) is 24.3 Å². The van der Waals surface area contributed by atoms with Crippen molar-refractivity contribution in [2.45, 2.75) is 50.9 Å². The maximum atomic E-state index is 10.6. The van der Waals surface area contributed by atoms with Crippen LogP contribution in [0.2, 0.25) is 0 Å². The fraction of sp³-hybridized carbons (Fsp3) is 0.545. The highest BCUT2D eigenvalue weighted by molar-refractivity contribution is 5.73. The molecule has 1 aromatic heterocycles. The number of benzene rings is 1. The molecule has 1 saturated heterocycles. The molecule has 32 heavy (non-hydrogen) atoms. The summed E-state index contributed by atoms with van der Waals surface area (Å²) >= 11 is 0. The SMILES string of the molecule is COCCn1c(C(C)C)nc2c1C1(CCNCC1)Oc1ccccc1-2.O=C(O)C(F)(F)F. The van der Waals surface area contributed by atoms with Gasteiger partial charge in [0, 0.05) is 38.0 Å². The quantitative estimate of drug-likeness (QED) is 0.727. The minimum absolute atomic E-state index is 0.289. The van der Waals surface area contributed by atoms with E-state index in [1.165, 1.54) is 5.69 Å². The number of ether oxygens (including phenoxy) is 2. The van der Waals surface area contributed by atoms with Gasteiger partial charge in [0.15, 0.2) is 5.60 Å². The third-order valence-electron chi connectivity index (χ3n) is 5.57. The van der Waals surface area contributed by atoms with Crippen molar-refractivity contribution < 1.29 is 32.5 Å². The van der Waals surface area contributed by atoms with E-state index in [1.54, 1.807) is 7.11 Å². The van der Waals surface area contributed by atoms with E-state index in [0.29, 0.717) is 12.5 Å². The molecule has 1 aromatic carbocycles. The summed E-state index contributed by atoms with van der Waals surface area (Å²) in [5.41, 5.74) is 3.17. The molecule has 2 aliphatic heterocycles. The van der Waals surface area contributed by atoms with E-state index >= 15 is 0 Å². The third-order valence-corrected chi connectivity index (χ3v) is 5.57. The van der Waals surface area contributed by atoms with Crippen LogP contribution in [0, 0.1) is 0 Å². The molecule has 2 aromatic rings. The van der Waals surface area contributed by atoms with Gasteiger partial charge in [-0.1, -0.05) is 26.0 Å². The second-order valence-electron chi connectivity index (χ2n) is 8.11. The number of imidazole rings is 1. The van der Waals surface area contributed by atoms with E-state index < -0.39 is 12.1 Å². The Labute approximate surface area is 184 Å². The molecule has 0 bridgehead atoms. The monoisotopic (exact) mass is 455 g/mol. The Morgan fingerprint density at radius 3 is 2.50 bits per heavy atom. The Bertz CT molecular complexity index is 950. The second-order valence-corrected chi connectivity index (χ2v) is 8.11. The number of para-hydroxylation sites is 1. The molecule has 7 nitrogen and oxygen atoms in total. The smallest absolute Gasteiger partial charge is 0.480 e. The Kier molecular flexibility index (Phi) is 7.14. The lowest BCUT2D eigenvalue weighted by Gasteiger charge is -2.42. The average Bonchev–Trinajstić information content (AvgIpc) is 3.14. The van der Waals surface area contributed by atoms with Gasteiger partial charge in [-0.25, -0.2) is 9.78 Å². The van der Waals surface area contributed by atoms with E-state index in [9.17, 15) is 13.2 Å². The van der Waals surface area contributed by atoms with Crippen LogP contribution in [0.25, 0.3) is 11.3 Å². The maximum Gasteiger partial charge on any atom is 0.490 e. The molecule has 0 unspecified atom stereocenters. The summed E-state index contributed by atoms with van der Waals surface area (Å²) in [5, 5.41) is 10.6. The molecular weight excluding hydrogens is 427 g/mol. The van der Waals surface area contributed by atoms with Gasteiger partial charge in [0.05, 0.1) is 18.0 Å². The van der Waals surface area contributed by atoms with Crippen LogP contribution in [0.3, 0.4) is 0 Å². The number of hydrogen-bond acceptors (Lipinski definition) is 5. The number of piperidine rings is 1. The lowest BCUT2D eigenvalue weighted by atomic mass is 9.83. The number of halogens is 3. The molecule has 3 heterocycles. The standard InChI is InChI=1S/C20H27N3O2.C2HF3O2/c1-14(2)19-22-17-15-6-4-5-7-16(15)25-20(8-10-21-11-9-20)18(17)23(19)12-13-24-3;3-2(4,5)1(6)7/h4-7,14,21H,8-13H2,1-3H3;(H,6,7). The van der Waals surface area contributed by atoms with Crippen molar-refractivity contribution in [3.63, 3.8) is 0 Å². The minimum Gasteiger partial charge on any atom is -0.480 e. The number of fused-ring (bicyclic) bond motifs is 4. The van der Waals surface area contributed by atoms with Crippen molar-refractivity contribution in [3.05, 3.63) is 35.8 Å². The van der Waals surface area contributed by atoms with E-state index in [2.05, 4.69) is 41.9 Å². The summed E-state index contributed by atoms with van der Waals surface area (Å²) in [6, 6.07) is 8.31. The van der Waals surface area contributed by atoms with Crippen LogP contribution < -0.4 is 10.1 Å². The Balaban J connectivity index is 0.000000360. The van der Waals surface area contributed by atoms with Crippen LogP contribution in [-0.2, 0) is 21.7 Å². The van der Waals surface area contributed by atoms with Gasteiger partial charge in [0.2, 0.25) is 0 Å². The predicted octanol–water partition coefficient (Wildman–Crippen LogP) is 3.92. The summed E-state index contributed by atoms with van der Waals surface area (Å²) in [6.45, 7) is 7.84. The Hall–Kier alpha value is -2.59. The molecule has 10 heteroatoms. The normalized spacial score (nSPS) is 16.6. The summed E-state index contributed by atoms with van der Waals surface area (Å²) < 4.78 is 46.1. The van der Waals surface area contributed by atoms with Crippen molar-refractivity contribution in [2.24, 2.45) is 0 Å². The van der Waals surface area contributed by atoms with E-state index in [0.717, 1.165) is 55.3 Å². The first-order chi connectivity index (χ1) is 15.1. The summed E-state index contributed by atoms with van der Waals surface area (Å²) in [4.78, 5) is 14.0. The Morgan fingerprint density at radius 1 is 1.31 bits per heavy atom. The minimum atomic E-state index is -5.08. The number of nitrogens with one attached hydrogen (secondary N) is 1.